The zero-order chi connectivity index (χ0) is 13.7. The van der Waals surface area contributed by atoms with E-state index in [-0.39, 0.29) is 18.0 Å². The smallest absolute Gasteiger partial charge is 0.189 e. The van der Waals surface area contributed by atoms with Crippen molar-refractivity contribution < 1.29 is 10.3 Å². The van der Waals surface area contributed by atoms with Crippen molar-refractivity contribution in [1.29, 1.82) is 0 Å². The number of pyridine rings is 1. The van der Waals surface area contributed by atoms with E-state index in [4.69, 9.17) is 10.9 Å². The van der Waals surface area contributed by atoms with Gasteiger partial charge in [-0.3, -0.25) is 4.98 Å². The molecule has 6 nitrogen and oxygen atoms in total. The van der Waals surface area contributed by atoms with E-state index in [0.717, 1.165) is 31.2 Å². The number of oxime groups is 1. The minimum absolute atomic E-state index is 0.00173. The predicted octanol–water partition coefficient (Wildman–Crippen LogP) is 0.571. The highest BCUT2D eigenvalue weighted by Crippen LogP contribution is 2.29. The lowest BCUT2D eigenvalue weighted by atomic mass is 9.98. The van der Waals surface area contributed by atoms with Crippen molar-refractivity contribution in [1.82, 2.24) is 10.3 Å². The molecule has 0 unspecified atom stereocenters. The molecule has 104 valence electrons. The van der Waals surface area contributed by atoms with Gasteiger partial charge >= 0.3 is 0 Å². The Morgan fingerprint density at radius 3 is 2.84 bits per heavy atom. The Kier molecular flexibility index (Phi) is 4.34. The first kappa shape index (κ1) is 13.8. The van der Waals surface area contributed by atoms with Crippen molar-refractivity contribution in [3.8, 4) is 0 Å². The molecule has 0 spiro atoms. The van der Waals surface area contributed by atoms with Gasteiger partial charge in [0.2, 0.25) is 0 Å². The summed E-state index contributed by atoms with van der Waals surface area (Å²) in [6.45, 7) is 0.673. The van der Waals surface area contributed by atoms with Gasteiger partial charge in [0.05, 0.1) is 6.61 Å². The first-order valence-corrected chi connectivity index (χ1v) is 6.48. The molecule has 0 radical (unpaired) electrons. The molecule has 1 saturated carbocycles. The first-order valence-electron chi connectivity index (χ1n) is 6.48. The molecule has 0 atom stereocenters. The van der Waals surface area contributed by atoms with Crippen molar-refractivity contribution in [2.75, 3.05) is 6.61 Å². The number of nitrogens with two attached hydrogens (primary N) is 1. The third kappa shape index (κ3) is 3.02. The third-order valence-electron chi connectivity index (χ3n) is 3.76. The van der Waals surface area contributed by atoms with Crippen LogP contribution in [-0.2, 0) is 6.54 Å². The second-order valence-electron chi connectivity index (χ2n) is 5.00. The largest absolute Gasteiger partial charge is 0.409 e. The van der Waals surface area contributed by atoms with Crippen LogP contribution in [-0.4, -0.2) is 33.3 Å². The second kappa shape index (κ2) is 5.99. The minimum atomic E-state index is -0.196. The molecule has 1 aromatic rings. The summed E-state index contributed by atoms with van der Waals surface area (Å²) in [6, 6.07) is 3.69. The Balaban J connectivity index is 2.11. The van der Waals surface area contributed by atoms with E-state index in [1.54, 1.807) is 6.20 Å². The monoisotopic (exact) mass is 264 g/mol. The number of aromatic nitrogens is 1. The van der Waals surface area contributed by atoms with Gasteiger partial charge in [-0.25, -0.2) is 0 Å². The summed E-state index contributed by atoms with van der Waals surface area (Å²) in [5.74, 6) is 0.00173. The maximum absolute atomic E-state index is 9.55. The Bertz CT molecular complexity index is 456. The highest BCUT2D eigenvalue weighted by atomic mass is 16.4. The van der Waals surface area contributed by atoms with Gasteiger partial charge in [-0.15, -0.1) is 0 Å². The van der Waals surface area contributed by atoms with E-state index >= 15 is 0 Å². The van der Waals surface area contributed by atoms with Gasteiger partial charge in [-0.05, 0) is 24.5 Å². The number of hydrogen-bond donors (Lipinski definition) is 4. The predicted molar refractivity (Wildman–Crippen MR) is 71.9 cm³/mol. The van der Waals surface area contributed by atoms with Crippen molar-refractivity contribution >= 4 is 5.84 Å². The van der Waals surface area contributed by atoms with Crippen LogP contribution in [0.2, 0.25) is 0 Å². The average molecular weight is 264 g/mol. The molecule has 5 N–H and O–H groups in total. The molecule has 1 aliphatic rings. The SMILES string of the molecule is NC(=NO)c1ncccc1CNC1(CO)CCCC1. The van der Waals surface area contributed by atoms with E-state index in [1.165, 1.54) is 0 Å². The van der Waals surface area contributed by atoms with Crippen LogP contribution in [0.5, 0.6) is 0 Å². The summed E-state index contributed by atoms with van der Waals surface area (Å²) >= 11 is 0. The van der Waals surface area contributed by atoms with E-state index < -0.39 is 0 Å². The molecule has 0 bridgehead atoms. The Morgan fingerprint density at radius 2 is 2.21 bits per heavy atom. The molecule has 19 heavy (non-hydrogen) atoms. The quantitative estimate of drug-likeness (QED) is 0.269. The average Bonchev–Trinajstić information content (AvgIpc) is 2.94. The normalized spacial score (nSPS) is 18.7. The number of nitrogens with zero attached hydrogens (tertiary/aromatic N) is 2. The van der Waals surface area contributed by atoms with Crippen molar-refractivity contribution in [2.45, 2.75) is 37.8 Å². The van der Waals surface area contributed by atoms with Crippen LogP contribution < -0.4 is 11.1 Å². The molecule has 2 rings (SSSR count). The molecule has 1 heterocycles. The highest BCUT2D eigenvalue weighted by Gasteiger charge is 2.32. The lowest BCUT2D eigenvalue weighted by molar-refractivity contribution is 0.163. The van der Waals surface area contributed by atoms with Gasteiger partial charge in [0.1, 0.15) is 5.69 Å². The number of amidine groups is 1. The lowest BCUT2D eigenvalue weighted by Crippen LogP contribution is -2.45. The Labute approximate surface area is 112 Å². The van der Waals surface area contributed by atoms with Gasteiger partial charge in [0.25, 0.3) is 0 Å². The summed E-state index contributed by atoms with van der Waals surface area (Å²) < 4.78 is 0. The van der Waals surface area contributed by atoms with Crippen molar-refractivity contribution in [3.05, 3.63) is 29.6 Å². The second-order valence-corrected chi connectivity index (χ2v) is 5.00. The standard InChI is InChI=1S/C13H20N4O2/c14-12(17-19)11-10(4-3-7-15-11)8-16-13(9-18)5-1-2-6-13/h3-4,7,16,18-19H,1-2,5-6,8-9H2,(H2,14,17). The fourth-order valence-electron chi connectivity index (χ4n) is 2.58. The molecule has 0 aliphatic heterocycles. The van der Waals surface area contributed by atoms with Gasteiger partial charge in [0, 0.05) is 18.3 Å². The van der Waals surface area contributed by atoms with E-state index in [2.05, 4.69) is 15.5 Å². The lowest BCUT2D eigenvalue weighted by Gasteiger charge is -2.28. The van der Waals surface area contributed by atoms with Crippen LogP contribution >= 0.6 is 0 Å². The molecular weight excluding hydrogens is 244 g/mol. The summed E-state index contributed by atoms with van der Waals surface area (Å²) in [6.07, 6.45) is 5.82. The van der Waals surface area contributed by atoms with Crippen LogP contribution in [0, 0.1) is 0 Å². The van der Waals surface area contributed by atoms with Crippen molar-refractivity contribution in [2.24, 2.45) is 10.9 Å². The molecule has 0 amide bonds. The van der Waals surface area contributed by atoms with Crippen LogP contribution in [0.1, 0.15) is 36.9 Å². The third-order valence-corrected chi connectivity index (χ3v) is 3.76. The van der Waals surface area contributed by atoms with Gasteiger partial charge in [-0.1, -0.05) is 24.1 Å². The van der Waals surface area contributed by atoms with Gasteiger partial charge < -0.3 is 21.4 Å². The molecule has 6 heteroatoms. The maximum Gasteiger partial charge on any atom is 0.189 e. The minimum Gasteiger partial charge on any atom is -0.409 e. The van der Waals surface area contributed by atoms with E-state index in [1.807, 2.05) is 12.1 Å². The van der Waals surface area contributed by atoms with Crippen LogP contribution in [0.15, 0.2) is 23.5 Å². The molecule has 1 fully saturated rings. The molecule has 0 saturated heterocycles. The van der Waals surface area contributed by atoms with Crippen LogP contribution in [0.25, 0.3) is 0 Å². The summed E-state index contributed by atoms with van der Waals surface area (Å²) in [5, 5.41) is 24.7. The maximum atomic E-state index is 9.55. The number of aliphatic hydroxyl groups excluding tert-OH is 1. The first-order chi connectivity index (χ1) is 9.21. The fraction of sp³-hybridized carbons (Fsp3) is 0.538. The van der Waals surface area contributed by atoms with Crippen LogP contribution in [0.4, 0.5) is 0 Å². The topological polar surface area (TPSA) is 104 Å². The van der Waals surface area contributed by atoms with Crippen LogP contribution in [0.3, 0.4) is 0 Å². The molecule has 1 aliphatic carbocycles. The van der Waals surface area contributed by atoms with Gasteiger partial charge in [-0.2, -0.15) is 0 Å². The Hall–Kier alpha value is -1.66. The number of nitrogens with one attached hydrogen (secondary N) is 1. The number of aliphatic hydroxyl groups is 1. The zero-order valence-electron chi connectivity index (χ0n) is 10.8. The Morgan fingerprint density at radius 1 is 1.47 bits per heavy atom. The van der Waals surface area contributed by atoms with E-state index in [9.17, 15) is 5.11 Å². The number of hydrogen-bond acceptors (Lipinski definition) is 5. The zero-order valence-corrected chi connectivity index (χ0v) is 10.8. The fourth-order valence-corrected chi connectivity index (χ4v) is 2.58. The summed E-state index contributed by atoms with van der Waals surface area (Å²) in [4.78, 5) is 4.12. The summed E-state index contributed by atoms with van der Waals surface area (Å²) in [5.41, 5.74) is 6.74. The molecule has 1 aromatic heterocycles. The molecular formula is C13H20N4O2. The van der Waals surface area contributed by atoms with Gasteiger partial charge in [0.15, 0.2) is 5.84 Å². The number of rotatable bonds is 5. The van der Waals surface area contributed by atoms with E-state index in [0.29, 0.717) is 12.2 Å². The summed E-state index contributed by atoms with van der Waals surface area (Å²) in [7, 11) is 0. The molecule has 0 aromatic carbocycles. The van der Waals surface area contributed by atoms with Crippen molar-refractivity contribution in [3.63, 3.8) is 0 Å². The highest BCUT2D eigenvalue weighted by molar-refractivity contribution is 5.96.